The lowest BCUT2D eigenvalue weighted by atomic mass is 9.90. The van der Waals surface area contributed by atoms with Gasteiger partial charge < -0.3 is 24.2 Å². The van der Waals surface area contributed by atoms with Crippen molar-refractivity contribution in [3.63, 3.8) is 0 Å². The quantitative estimate of drug-likeness (QED) is 0.108. The summed E-state index contributed by atoms with van der Waals surface area (Å²) in [6, 6.07) is 15.3. The Morgan fingerprint density at radius 2 is 1.56 bits per heavy atom. The van der Waals surface area contributed by atoms with E-state index in [1.54, 1.807) is 37.5 Å². The number of thioether (sulfide) groups is 2. The molecule has 1 N–H and O–H groups in total. The van der Waals surface area contributed by atoms with Crippen LogP contribution >= 0.6 is 42.5 Å². The number of benzene rings is 2. The summed E-state index contributed by atoms with van der Waals surface area (Å²) in [6.45, 7) is 6.54. The molecule has 0 spiro atoms. The molecule has 3 amide bonds. The fourth-order valence-electron chi connectivity index (χ4n) is 8.13. The van der Waals surface area contributed by atoms with E-state index in [2.05, 4.69) is 11.4 Å². The number of thiophene rings is 1. The van der Waals surface area contributed by atoms with Crippen LogP contribution in [-0.4, -0.2) is 93.7 Å². The average Bonchev–Trinajstić information content (AvgIpc) is 4.01. The molecule has 3 aliphatic heterocycles. The van der Waals surface area contributed by atoms with E-state index >= 15 is 8.78 Å². The minimum absolute atomic E-state index is 0.0294. The number of likely N-dealkylation sites (tertiary alicyclic amines) is 1. The summed E-state index contributed by atoms with van der Waals surface area (Å²) in [5.41, 5.74) is -3.83. The van der Waals surface area contributed by atoms with E-state index < -0.39 is 50.0 Å². The molecule has 62 heavy (non-hydrogen) atoms. The second-order valence-electron chi connectivity index (χ2n) is 16.5. The first-order chi connectivity index (χ1) is 29.5. The summed E-state index contributed by atoms with van der Waals surface area (Å²) in [4.78, 5) is 70.0. The predicted octanol–water partition coefficient (Wildman–Crippen LogP) is 8.81. The van der Waals surface area contributed by atoms with Gasteiger partial charge in [-0.3, -0.25) is 28.5 Å². The van der Waals surface area contributed by atoms with E-state index in [4.69, 9.17) is 9.05 Å². The maximum Gasteiger partial charge on any atom is 0.404 e. The topological polar surface area (TPSA) is 163 Å². The van der Waals surface area contributed by atoms with E-state index in [9.17, 15) is 33.8 Å². The van der Waals surface area contributed by atoms with Crippen LogP contribution in [0.3, 0.4) is 0 Å². The highest BCUT2D eigenvalue weighted by molar-refractivity contribution is 8.13. The zero-order valence-electron chi connectivity index (χ0n) is 35.3. The fraction of sp³-hybridized carbons (Fsp3) is 0.545. The summed E-state index contributed by atoms with van der Waals surface area (Å²) in [6.07, 6.45) is 3.72. The number of hydrogen-bond donors (Lipinski definition) is 1. The molecule has 18 heteroatoms. The van der Waals surface area contributed by atoms with Crippen molar-refractivity contribution in [3.05, 3.63) is 70.6 Å². The van der Waals surface area contributed by atoms with Gasteiger partial charge in [-0.05, 0) is 54.8 Å². The van der Waals surface area contributed by atoms with Crippen molar-refractivity contribution in [2.45, 2.75) is 95.9 Å². The van der Waals surface area contributed by atoms with Crippen LogP contribution in [0.2, 0.25) is 0 Å². The Morgan fingerprint density at radius 1 is 0.919 bits per heavy atom. The van der Waals surface area contributed by atoms with Crippen LogP contribution in [0.4, 0.5) is 8.78 Å². The summed E-state index contributed by atoms with van der Waals surface area (Å²) < 4.78 is 57.8. The van der Waals surface area contributed by atoms with Crippen LogP contribution in [0, 0.1) is 29.1 Å². The number of rotatable bonds is 16. The first kappa shape index (κ1) is 47.8. The van der Waals surface area contributed by atoms with Crippen molar-refractivity contribution < 1.29 is 46.4 Å². The molecular weight excluding hydrogens is 878 g/mol. The second kappa shape index (κ2) is 20.9. The number of carbonyl (C=O) groups is 5. The molecule has 12 nitrogen and oxygen atoms in total. The van der Waals surface area contributed by atoms with Crippen molar-refractivity contribution in [1.82, 2.24) is 15.1 Å². The van der Waals surface area contributed by atoms with Gasteiger partial charge in [0.05, 0.1) is 30.1 Å². The van der Waals surface area contributed by atoms with Crippen LogP contribution in [0.5, 0.6) is 0 Å². The van der Waals surface area contributed by atoms with E-state index in [0.29, 0.717) is 36.9 Å². The average molecular weight is 931 g/mol. The smallest absolute Gasteiger partial charge is 0.340 e. The molecule has 3 aliphatic rings. The van der Waals surface area contributed by atoms with E-state index in [0.717, 1.165) is 65.4 Å². The van der Waals surface area contributed by atoms with Gasteiger partial charge in [-0.15, -0.1) is 11.3 Å². The van der Waals surface area contributed by atoms with Crippen LogP contribution in [0.25, 0.3) is 10.1 Å². The van der Waals surface area contributed by atoms with E-state index in [1.807, 2.05) is 30.3 Å². The molecule has 0 aliphatic carbocycles. The van der Waals surface area contributed by atoms with Crippen molar-refractivity contribution in [2.75, 3.05) is 37.8 Å². The number of hydrogen-bond acceptors (Lipinski definition) is 12. The molecule has 4 heterocycles. The van der Waals surface area contributed by atoms with Crippen LogP contribution < -0.4 is 5.32 Å². The third-order valence-corrected chi connectivity index (χ3v) is 16.9. The highest BCUT2D eigenvalue weighted by Gasteiger charge is 2.55. The number of amides is 3. The van der Waals surface area contributed by atoms with E-state index in [-0.39, 0.29) is 80.1 Å². The molecule has 0 bridgehead atoms. The van der Waals surface area contributed by atoms with Gasteiger partial charge in [0.15, 0.2) is 10.2 Å². The molecule has 6 rings (SSSR count). The lowest BCUT2D eigenvalue weighted by Gasteiger charge is -2.36. The highest BCUT2D eigenvalue weighted by Crippen LogP contribution is 2.67. The lowest BCUT2D eigenvalue weighted by molar-refractivity contribution is -0.146. The van der Waals surface area contributed by atoms with Crippen molar-refractivity contribution in [2.24, 2.45) is 17.8 Å². The molecule has 2 aromatic carbocycles. The minimum Gasteiger partial charge on any atom is -0.340 e. The number of fused-ring (bicyclic) bond motifs is 2. The number of alkyl halides is 2. The van der Waals surface area contributed by atoms with Crippen molar-refractivity contribution >= 4 is 80.5 Å². The Labute approximate surface area is 373 Å². The standard InChI is InChI=1S/C44H53F2N4O8PS3/c1-27(2)42(54)60-20-18-57-59(56,58-19-21-61-43(55)28(3)4)44(45,46)32-14-17-37-30(22-32)23-38(62-37)39(51)48-35-13-9-8-12-33-15-16-36(50(33)40(35)52)41(53)49-25-31(24-47)34(26-49)29-10-6-5-7-11-29/h5-7,10-11,14,17,22-23,27-28,31,33-36H,8-9,12-13,15-16,18-21,25-26H2,1-4H3,(H,48,51)/t31-,33+,34+,35+,36+/m1/s1. The van der Waals surface area contributed by atoms with Gasteiger partial charge in [-0.1, -0.05) is 100 Å². The van der Waals surface area contributed by atoms with Gasteiger partial charge in [0.2, 0.25) is 11.8 Å². The fourth-order valence-corrected chi connectivity index (χ4v) is 12.2. The summed E-state index contributed by atoms with van der Waals surface area (Å²) in [5.74, 6) is -2.27. The highest BCUT2D eigenvalue weighted by atomic mass is 32.2. The third-order valence-electron chi connectivity index (χ3n) is 11.5. The number of nitrogens with one attached hydrogen (secondary N) is 1. The van der Waals surface area contributed by atoms with Crippen LogP contribution in [0.15, 0.2) is 54.6 Å². The SMILES string of the molecule is CC(C)C(=O)SCCOP(=O)(OCCSC(=O)C(C)C)C(F)(F)c1ccc2sc(C(=O)N[C@H]3CCCC[C@H]4CC[C@@H](C(=O)N5C[C@@H](C#N)[C@H](c6ccccc6)C5)N4C3=O)cc2c1. The largest absolute Gasteiger partial charge is 0.404 e. The Kier molecular flexibility index (Phi) is 16.1. The zero-order valence-corrected chi connectivity index (χ0v) is 38.6. The van der Waals surface area contributed by atoms with Crippen LogP contribution in [0.1, 0.15) is 92.9 Å². The summed E-state index contributed by atoms with van der Waals surface area (Å²) in [7, 11) is -5.23. The maximum atomic E-state index is 16.4. The molecule has 3 aromatic rings. The molecule has 1 aromatic heterocycles. The number of nitrogens with zero attached hydrogens (tertiary/aromatic N) is 3. The first-order valence-corrected chi connectivity index (χ1v) is 25.4. The monoisotopic (exact) mass is 930 g/mol. The summed E-state index contributed by atoms with van der Waals surface area (Å²) >= 11 is 2.81. The zero-order chi connectivity index (χ0) is 44.8. The van der Waals surface area contributed by atoms with Gasteiger partial charge >= 0.3 is 13.3 Å². The van der Waals surface area contributed by atoms with Crippen molar-refractivity contribution in [1.29, 1.82) is 5.26 Å². The van der Waals surface area contributed by atoms with Crippen LogP contribution in [-0.2, 0) is 38.5 Å². The number of halogens is 2. The molecule has 0 radical (unpaired) electrons. The van der Waals surface area contributed by atoms with Gasteiger partial charge in [-0.25, -0.2) is 0 Å². The third kappa shape index (κ3) is 10.8. The van der Waals surface area contributed by atoms with E-state index in [1.165, 1.54) is 12.1 Å². The minimum atomic E-state index is -5.23. The first-order valence-electron chi connectivity index (χ1n) is 21.0. The second-order valence-corrected chi connectivity index (χ2v) is 21.9. The Hall–Kier alpha value is -3.65. The molecule has 334 valence electrons. The summed E-state index contributed by atoms with van der Waals surface area (Å²) in [5, 5.41) is 12.8. The van der Waals surface area contributed by atoms with Gasteiger partial charge in [0.25, 0.3) is 5.91 Å². The molecule has 5 atom stereocenters. The normalized spacial score (nSPS) is 22.1. The maximum absolute atomic E-state index is 16.4. The number of nitriles is 1. The Bertz CT molecular complexity index is 2190. The molecule has 3 saturated heterocycles. The Morgan fingerprint density at radius 3 is 2.19 bits per heavy atom. The lowest BCUT2D eigenvalue weighted by Crippen LogP contribution is -2.56. The van der Waals surface area contributed by atoms with Gasteiger partial charge in [-0.2, -0.15) is 14.0 Å². The molecule has 0 unspecified atom stereocenters. The molecule has 0 saturated carbocycles. The van der Waals surface area contributed by atoms with Gasteiger partial charge in [0.1, 0.15) is 12.1 Å². The predicted molar refractivity (Wildman–Crippen MR) is 238 cm³/mol. The number of carbonyl (C=O) groups excluding carboxylic acids is 5. The Balaban J connectivity index is 1.16. The van der Waals surface area contributed by atoms with Gasteiger partial charge in [0, 0.05) is 58.7 Å². The van der Waals surface area contributed by atoms with Crippen molar-refractivity contribution in [3.8, 4) is 6.07 Å². The molecular formula is C44H53F2N4O8PS3. The molecule has 3 fully saturated rings.